The van der Waals surface area contributed by atoms with Gasteiger partial charge >= 0.3 is 5.97 Å². The van der Waals surface area contributed by atoms with Gasteiger partial charge in [-0.1, -0.05) is 11.2 Å². The van der Waals surface area contributed by atoms with E-state index in [2.05, 4.69) is 9.99 Å². The molecule has 0 atom stereocenters. The van der Waals surface area contributed by atoms with Gasteiger partial charge in [0.15, 0.2) is 5.84 Å². The van der Waals surface area contributed by atoms with Crippen LogP contribution in [0.25, 0.3) is 0 Å². The van der Waals surface area contributed by atoms with Gasteiger partial charge in [0.25, 0.3) is 0 Å². The van der Waals surface area contributed by atoms with E-state index in [1.165, 1.54) is 11.3 Å². The van der Waals surface area contributed by atoms with E-state index in [-0.39, 0.29) is 5.84 Å². The number of carboxylic acid groups (broad SMARTS) is 1. The SMILES string of the molecule is NC(=NOCC(=O)O)c1cccs1. The fourth-order valence-electron chi connectivity index (χ4n) is 0.626. The second-order valence-corrected chi connectivity index (χ2v) is 3.07. The Hall–Kier alpha value is -1.56. The molecule has 13 heavy (non-hydrogen) atoms. The van der Waals surface area contributed by atoms with E-state index in [4.69, 9.17) is 10.8 Å². The van der Waals surface area contributed by atoms with Gasteiger partial charge in [-0.3, -0.25) is 0 Å². The van der Waals surface area contributed by atoms with Crippen LogP contribution >= 0.6 is 11.3 Å². The molecule has 1 aromatic rings. The van der Waals surface area contributed by atoms with Crippen molar-refractivity contribution in [1.29, 1.82) is 0 Å². The summed E-state index contributed by atoms with van der Waals surface area (Å²) in [5, 5.41) is 13.5. The maximum Gasteiger partial charge on any atom is 0.344 e. The topological polar surface area (TPSA) is 84.9 Å². The van der Waals surface area contributed by atoms with Crippen molar-refractivity contribution >= 4 is 23.1 Å². The van der Waals surface area contributed by atoms with Crippen LogP contribution in [0.3, 0.4) is 0 Å². The third-order valence-corrected chi connectivity index (χ3v) is 2.02. The van der Waals surface area contributed by atoms with Crippen molar-refractivity contribution < 1.29 is 14.7 Å². The molecule has 0 saturated carbocycles. The first kappa shape index (κ1) is 9.53. The Kier molecular flexibility index (Phi) is 3.27. The van der Waals surface area contributed by atoms with Gasteiger partial charge in [0.2, 0.25) is 6.61 Å². The van der Waals surface area contributed by atoms with Gasteiger partial charge in [0, 0.05) is 0 Å². The smallest absolute Gasteiger partial charge is 0.344 e. The number of rotatable bonds is 4. The number of carboxylic acids is 1. The second kappa shape index (κ2) is 4.46. The van der Waals surface area contributed by atoms with Crippen LogP contribution in [0.1, 0.15) is 4.88 Å². The summed E-state index contributed by atoms with van der Waals surface area (Å²) in [7, 11) is 0. The third kappa shape index (κ3) is 3.12. The second-order valence-electron chi connectivity index (χ2n) is 2.12. The molecule has 0 saturated heterocycles. The molecule has 3 N–H and O–H groups in total. The maximum absolute atomic E-state index is 10.0. The van der Waals surface area contributed by atoms with Gasteiger partial charge in [-0.15, -0.1) is 11.3 Å². The molecule has 1 rings (SSSR count). The van der Waals surface area contributed by atoms with E-state index in [0.717, 1.165) is 4.88 Å². The highest BCUT2D eigenvalue weighted by Gasteiger charge is 2.00. The van der Waals surface area contributed by atoms with Gasteiger partial charge in [0.1, 0.15) is 0 Å². The molecular weight excluding hydrogens is 192 g/mol. The zero-order valence-electron chi connectivity index (χ0n) is 6.64. The lowest BCUT2D eigenvalue weighted by Gasteiger charge is -1.96. The lowest BCUT2D eigenvalue weighted by atomic mass is 10.4. The minimum atomic E-state index is -1.08. The van der Waals surface area contributed by atoms with Gasteiger partial charge < -0.3 is 15.7 Å². The molecule has 0 fully saturated rings. The highest BCUT2D eigenvalue weighted by molar-refractivity contribution is 7.12. The van der Waals surface area contributed by atoms with Crippen molar-refractivity contribution in [2.24, 2.45) is 10.9 Å². The lowest BCUT2D eigenvalue weighted by molar-refractivity contribution is -0.142. The summed E-state index contributed by atoms with van der Waals surface area (Å²) in [5.74, 6) is -0.890. The molecule has 0 radical (unpaired) electrons. The first-order valence-electron chi connectivity index (χ1n) is 3.41. The first-order chi connectivity index (χ1) is 6.20. The Morgan fingerprint density at radius 1 is 1.77 bits per heavy atom. The molecule has 0 aliphatic rings. The molecule has 0 aliphatic carbocycles. The molecule has 1 heterocycles. The molecule has 0 bridgehead atoms. The summed E-state index contributed by atoms with van der Waals surface area (Å²) >= 11 is 1.41. The number of amidine groups is 1. The largest absolute Gasteiger partial charge is 0.479 e. The van der Waals surface area contributed by atoms with Crippen LogP contribution < -0.4 is 5.73 Å². The van der Waals surface area contributed by atoms with Gasteiger partial charge in [-0.05, 0) is 11.4 Å². The Labute approximate surface area is 78.4 Å². The summed E-state index contributed by atoms with van der Waals surface area (Å²) < 4.78 is 0. The Morgan fingerprint density at radius 3 is 3.08 bits per heavy atom. The number of hydrogen-bond donors (Lipinski definition) is 2. The Bertz CT molecular complexity index is 308. The van der Waals surface area contributed by atoms with Gasteiger partial charge in [-0.25, -0.2) is 4.79 Å². The van der Waals surface area contributed by atoms with Crippen molar-refractivity contribution in [3.63, 3.8) is 0 Å². The zero-order chi connectivity index (χ0) is 9.68. The quantitative estimate of drug-likeness (QED) is 0.420. The van der Waals surface area contributed by atoms with E-state index in [0.29, 0.717) is 0 Å². The molecule has 0 spiro atoms. The molecular formula is C7H8N2O3S. The highest BCUT2D eigenvalue weighted by Crippen LogP contribution is 2.07. The fourth-order valence-corrected chi connectivity index (χ4v) is 1.25. The Balaban J connectivity index is 2.48. The first-order valence-corrected chi connectivity index (χ1v) is 4.29. The number of thiophene rings is 1. The third-order valence-electron chi connectivity index (χ3n) is 1.12. The monoisotopic (exact) mass is 200 g/mol. The van der Waals surface area contributed by atoms with Crippen molar-refractivity contribution in [3.8, 4) is 0 Å². The van der Waals surface area contributed by atoms with Crippen LogP contribution in [0, 0.1) is 0 Å². The van der Waals surface area contributed by atoms with Crippen molar-refractivity contribution in [2.75, 3.05) is 6.61 Å². The molecule has 0 unspecified atom stereocenters. The summed E-state index contributed by atoms with van der Waals surface area (Å²) in [6.45, 7) is -0.480. The molecule has 5 nitrogen and oxygen atoms in total. The summed E-state index contributed by atoms with van der Waals surface area (Å²) in [5.41, 5.74) is 5.47. The normalized spacial score (nSPS) is 11.2. The number of nitrogens with zero attached hydrogens (tertiary/aromatic N) is 1. The summed E-state index contributed by atoms with van der Waals surface area (Å²) in [4.78, 5) is 15.2. The summed E-state index contributed by atoms with van der Waals surface area (Å²) in [6.07, 6.45) is 0. The number of oxime groups is 1. The van der Waals surface area contributed by atoms with E-state index >= 15 is 0 Å². The van der Waals surface area contributed by atoms with Crippen molar-refractivity contribution in [2.45, 2.75) is 0 Å². The van der Waals surface area contributed by atoms with Crippen LogP contribution in [0.4, 0.5) is 0 Å². The van der Waals surface area contributed by atoms with E-state index < -0.39 is 12.6 Å². The molecule has 1 aromatic heterocycles. The predicted molar refractivity (Wildman–Crippen MR) is 48.6 cm³/mol. The summed E-state index contributed by atoms with van der Waals surface area (Å²) in [6, 6.07) is 3.59. The average Bonchev–Trinajstić information content (AvgIpc) is 2.55. The van der Waals surface area contributed by atoms with Gasteiger partial charge in [-0.2, -0.15) is 0 Å². The fraction of sp³-hybridized carbons (Fsp3) is 0.143. The minimum Gasteiger partial charge on any atom is -0.479 e. The van der Waals surface area contributed by atoms with Crippen LogP contribution in [0.2, 0.25) is 0 Å². The van der Waals surface area contributed by atoms with E-state index in [9.17, 15) is 4.79 Å². The molecule has 70 valence electrons. The molecule has 0 aromatic carbocycles. The van der Waals surface area contributed by atoms with Crippen LogP contribution in [0.5, 0.6) is 0 Å². The van der Waals surface area contributed by atoms with Gasteiger partial charge in [0.05, 0.1) is 4.88 Å². The maximum atomic E-state index is 10.0. The molecule has 0 amide bonds. The zero-order valence-corrected chi connectivity index (χ0v) is 7.45. The molecule has 0 aliphatic heterocycles. The van der Waals surface area contributed by atoms with Crippen LogP contribution in [-0.4, -0.2) is 23.5 Å². The van der Waals surface area contributed by atoms with Crippen molar-refractivity contribution in [1.82, 2.24) is 0 Å². The predicted octanol–water partition coefficient (Wildman–Crippen LogP) is 0.470. The number of hydrogen-bond acceptors (Lipinski definition) is 4. The lowest BCUT2D eigenvalue weighted by Crippen LogP contribution is -2.13. The number of aliphatic carboxylic acids is 1. The van der Waals surface area contributed by atoms with E-state index in [1.54, 1.807) is 6.07 Å². The molecule has 6 heteroatoms. The van der Waals surface area contributed by atoms with Crippen LogP contribution in [-0.2, 0) is 9.63 Å². The minimum absolute atomic E-state index is 0.191. The standard InChI is InChI=1S/C7H8N2O3S/c8-7(5-2-1-3-13-5)9-12-4-6(10)11/h1-3H,4H2,(H2,8,9)(H,10,11). The Morgan fingerprint density at radius 2 is 2.54 bits per heavy atom. The highest BCUT2D eigenvalue weighted by atomic mass is 32.1. The van der Waals surface area contributed by atoms with E-state index in [1.807, 2.05) is 11.4 Å². The number of carbonyl (C=O) groups is 1. The van der Waals surface area contributed by atoms with Crippen molar-refractivity contribution in [3.05, 3.63) is 22.4 Å². The number of nitrogens with two attached hydrogens (primary N) is 1. The van der Waals surface area contributed by atoms with Crippen LogP contribution in [0.15, 0.2) is 22.7 Å². The average molecular weight is 200 g/mol.